The van der Waals surface area contributed by atoms with Gasteiger partial charge in [-0.25, -0.2) is 17.6 Å². The zero-order chi connectivity index (χ0) is 13.4. The molecule has 1 aromatic carbocycles. The van der Waals surface area contributed by atoms with E-state index in [1.807, 2.05) is 0 Å². The van der Waals surface area contributed by atoms with Gasteiger partial charge in [-0.3, -0.25) is 0 Å². The zero-order valence-corrected chi connectivity index (χ0v) is 8.08. The van der Waals surface area contributed by atoms with E-state index in [0.717, 1.165) is 0 Å². The third-order valence-corrected chi connectivity index (χ3v) is 1.97. The Balaban J connectivity index is 3.21. The van der Waals surface area contributed by atoms with E-state index < -0.39 is 47.5 Å². The van der Waals surface area contributed by atoms with Crippen LogP contribution in [0.25, 0.3) is 0 Å². The fourth-order valence-electron chi connectivity index (χ4n) is 1.27. The summed E-state index contributed by atoms with van der Waals surface area (Å²) >= 11 is 0. The molecule has 0 aliphatic carbocycles. The molecule has 2 N–H and O–H groups in total. The summed E-state index contributed by atoms with van der Waals surface area (Å²) < 4.78 is 87.3. The van der Waals surface area contributed by atoms with Gasteiger partial charge >= 0.3 is 6.18 Å². The van der Waals surface area contributed by atoms with E-state index in [0.29, 0.717) is 0 Å². The molecule has 0 unspecified atom stereocenters. The maximum Gasteiger partial charge on any atom is 0.390 e. The topological polar surface area (TPSA) is 26.0 Å². The van der Waals surface area contributed by atoms with Crippen LogP contribution in [-0.4, -0.2) is 6.18 Å². The first-order valence-electron chi connectivity index (χ1n) is 4.28. The molecule has 1 rings (SSSR count). The van der Waals surface area contributed by atoms with Crippen LogP contribution in [0, 0.1) is 23.3 Å². The Morgan fingerprint density at radius 1 is 1.00 bits per heavy atom. The van der Waals surface area contributed by atoms with E-state index >= 15 is 0 Å². The molecule has 0 bridgehead atoms. The first kappa shape index (κ1) is 13.8. The van der Waals surface area contributed by atoms with Crippen molar-refractivity contribution in [1.82, 2.24) is 0 Å². The van der Waals surface area contributed by atoms with Crippen molar-refractivity contribution in [2.45, 2.75) is 18.6 Å². The van der Waals surface area contributed by atoms with Crippen LogP contribution in [0.4, 0.5) is 30.7 Å². The summed E-state index contributed by atoms with van der Waals surface area (Å²) in [4.78, 5) is 0. The Morgan fingerprint density at radius 3 is 1.76 bits per heavy atom. The molecule has 0 aliphatic heterocycles. The van der Waals surface area contributed by atoms with E-state index in [1.54, 1.807) is 0 Å². The maximum absolute atomic E-state index is 13.0. The number of nitrogens with two attached hydrogens (primary N) is 1. The molecule has 0 aliphatic rings. The summed E-state index contributed by atoms with van der Waals surface area (Å²) in [6, 6.07) is -2.31. The van der Waals surface area contributed by atoms with Gasteiger partial charge in [-0.2, -0.15) is 13.2 Å². The average Bonchev–Trinajstić information content (AvgIpc) is 2.12. The highest BCUT2D eigenvalue weighted by Crippen LogP contribution is 2.32. The van der Waals surface area contributed by atoms with Crippen molar-refractivity contribution >= 4 is 0 Å². The monoisotopic (exact) mass is 261 g/mol. The minimum atomic E-state index is -4.80. The number of halogens is 7. The van der Waals surface area contributed by atoms with Gasteiger partial charge in [0.2, 0.25) is 0 Å². The summed E-state index contributed by atoms with van der Waals surface area (Å²) in [7, 11) is 0. The minimum absolute atomic E-state index is 0.103. The van der Waals surface area contributed by atoms with Crippen molar-refractivity contribution in [2.24, 2.45) is 5.73 Å². The van der Waals surface area contributed by atoms with Gasteiger partial charge in [-0.15, -0.1) is 0 Å². The van der Waals surface area contributed by atoms with Crippen LogP contribution in [0.5, 0.6) is 0 Å². The summed E-state index contributed by atoms with van der Waals surface area (Å²) in [6.45, 7) is 0. The number of hydrogen-bond acceptors (Lipinski definition) is 1. The van der Waals surface area contributed by atoms with Crippen molar-refractivity contribution in [3.8, 4) is 0 Å². The molecular formula is C9H6F7N. The highest BCUT2D eigenvalue weighted by molar-refractivity contribution is 5.25. The molecule has 17 heavy (non-hydrogen) atoms. The summed E-state index contributed by atoms with van der Waals surface area (Å²) in [5.74, 6) is -7.42. The molecule has 0 saturated heterocycles. The molecule has 96 valence electrons. The smallest absolute Gasteiger partial charge is 0.323 e. The standard InChI is InChI=1S/C9H6F7N/c10-3-1-4(11)8(13)6(7(3)12)5(17)2-9(14,15)16/h1,5H,2,17H2/t5-/m0/s1. The fraction of sp³-hybridized carbons (Fsp3) is 0.333. The van der Waals surface area contributed by atoms with E-state index in [9.17, 15) is 30.7 Å². The molecule has 0 amide bonds. The van der Waals surface area contributed by atoms with Gasteiger partial charge < -0.3 is 5.73 Å². The van der Waals surface area contributed by atoms with Crippen molar-refractivity contribution in [2.75, 3.05) is 0 Å². The van der Waals surface area contributed by atoms with Crippen LogP contribution in [0.1, 0.15) is 18.0 Å². The second-order valence-corrected chi connectivity index (χ2v) is 3.31. The number of hydrogen-bond donors (Lipinski definition) is 1. The molecule has 0 aromatic heterocycles. The highest BCUT2D eigenvalue weighted by atomic mass is 19.4. The lowest BCUT2D eigenvalue weighted by Gasteiger charge is -2.16. The summed E-state index contributed by atoms with van der Waals surface area (Å²) in [5.41, 5.74) is 3.44. The Kier molecular flexibility index (Phi) is 3.65. The first-order chi connectivity index (χ1) is 7.63. The lowest BCUT2D eigenvalue weighted by Crippen LogP contribution is -2.23. The fourth-order valence-corrected chi connectivity index (χ4v) is 1.27. The Hall–Kier alpha value is -1.31. The minimum Gasteiger partial charge on any atom is -0.323 e. The molecule has 0 heterocycles. The van der Waals surface area contributed by atoms with Gasteiger partial charge in [-0.1, -0.05) is 0 Å². The van der Waals surface area contributed by atoms with Gasteiger partial charge in [0.25, 0.3) is 0 Å². The molecule has 1 nitrogen and oxygen atoms in total. The third kappa shape index (κ3) is 3.09. The molecule has 1 aromatic rings. The van der Waals surface area contributed by atoms with Gasteiger partial charge in [0.05, 0.1) is 6.42 Å². The summed E-state index contributed by atoms with van der Waals surface area (Å²) in [6.07, 6.45) is -6.59. The van der Waals surface area contributed by atoms with Crippen LogP contribution in [-0.2, 0) is 0 Å². The quantitative estimate of drug-likeness (QED) is 0.642. The van der Waals surface area contributed by atoms with Crippen LogP contribution >= 0.6 is 0 Å². The van der Waals surface area contributed by atoms with E-state index in [1.165, 1.54) is 0 Å². The van der Waals surface area contributed by atoms with Gasteiger partial charge in [0.15, 0.2) is 23.3 Å². The van der Waals surface area contributed by atoms with Crippen molar-refractivity contribution < 1.29 is 30.7 Å². The predicted octanol–water partition coefficient (Wildman–Crippen LogP) is 3.20. The highest BCUT2D eigenvalue weighted by Gasteiger charge is 2.34. The molecule has 0 spiro atoms. The number of alkyl halides is 3. The normalized spacial score (nSPS) is 13.9. The van der Waals surface area contributed by atoms with Crippen LogP contribution < -0.4 is 5.73 Å². The lowest BCUT2D eigenvalue weighted by atomic mass is 10.0. The zero-order valence-electron chi connectivity index (χ0n) is 8.08. The third-order valence-electron chi connectivity index (χ3n) is 1.97. The Labute approximate surface area is 91.0 Å². The molecule has 8 heteroatoms. The first-order valence-corrected chi connectivity index (χ1v) is 4.28. The Bertz CT molecular complexity index is 400. The van der Waals surface area contributed by atoms with Gasteiger partial charge in [0, 0.05) is 17.7 Å². The predicted molar refractivity (Wildman–Crippen MR) is 43.9 cm³/mol. The van der Waals surface area contributed by atoms with E-state index in [-0.39, 0.29) is 6.07 Å². The molecule has 1 atom stereocenters. The lowest BCUT2D eigenvalue weighted by molar-refractivity contribution is -0.138. The molecule has 0 fully saturated rings. The molecular weight excluding hydrogens is 255 g/mol. The van der Waals surface area contributed by atoms with E-state index in [4.69, 9.17) is 5.73 Å². The van der Waals surface area contributed by atoms with Crippen molar-refractivity contribution in [3.05, 3.63) is 34.9 Å². The van der Waals surface area contributed by atoms with Crippen LogP contribution in [0.2, 0.25) is 0 Å². The van der Waals surface area contributed by atoms with Crippen LogP contribution in [0.3, 0.4) is 0 Å². The van der Waals surface area contributed by atoms with Crippen LogP contribution in [0.15, 0.2) is 6.07 Å². The largest absolute Gasteiger partial charge is 0.390 e. The SMILES string of the molecule is N[C@@H](CC(F)(F)F)c1c(F)c(F)cc(F)c1F. The second kappa shape index (κ2) is 4.52. The van der Waals surface area contributed by atoms with Crippen molar-refractivity contribution in [1.29, 1.82) is 0 Å². The van der Waals surface area contributed by atoms with Gasteiger partial charge in [0.1, 0.15) is 0 Å². The molecule has 0 saturated carbocycles. The van der Waals surface area contributed by atoms with Crippen molar-refractivity contribution in [3.63, 3.8) is 0 Å². The Morgan fingerprint density at radius 2 is 1.41 bits per heavy atom. The molecule has 0 radical (unpaired) electrons. The number of benzene rings is 1. The van der Waals surface area contributed by atoms with Gasteiger partial charge in [-0.05, 0) is 0 Å². The maximum atomic E-state index is 13.0. The summed E-state index contributed by atoms with van der Waals surface area (Å²) in [5, 5.41) is 0. The number of rotatable bonds is 2. The average molecular weight is 261 g/mol. The van der Waals surface area contributed by atoms with E-state index in [2.05, 4.69) is 0 Å². The second-order valence-electron chi connectivity index (χ2n) is 3.31.